The Morgan fingerprint density at radius 1 is 1.47 bits per heavy atom. The zero-order chi connectivity index (χ0) is 11.4. The number of hydrogen-bond donors (Lipinski definition) is 1. The van der Waals surface area contributed by atoms with Gasteiger partial charge in [0.15, 0.2) is 0 Å². The Labute approximate surface area is 88.5 Å². The number of rotatable bonds is 3. The van der Waals surface area contributed by atoms with Gasteiger partial charge in [0.05, 0.1) is 11.5 Å². The Kier molecular flexibility index (Phi) is 3.29. The van der Waals surface area contributed by atoms with E-state index in [0.717, 1.165) is 5.56 Å². The summed E-state index contributed by atoms with van der Waals surface area (Å²) in [6.07, 6.45) is 5.11. The molecule has 0 radical (unpaired) electrons. The summed E-state index contributed by atoms with van der Waals surface area (Å²) >= 11 is 0. The van der Waals surface area contributed by atoms with Crippen LogP contribution in [-0.2, 0) is 0 Å². The normalized spacial score (nSPS) is 9.40. The van der Waals surface area contributed by atoms with Crippen LogP contribution < -0.4 is 5.32 Å². The fourth-order valence-corrected chi connectivity index (χ4v) is 1.37. The number of nitro benzene ring substituents is 1. The Bertz CT molecular complexity index is 433. The summed E-state index contributed by atoms with van der Waals surface area (Å²) in [7, 11) is 0. The zero-order valence-electron chi connectivity index (χ0n) is 8.70. The molecule has 15 heavy (non-hydrogen) atoms. The van der Waals surface area contributed by atoms with Crippen molar-refractivity contribution in [2.24, 2.45) is 0 Å². The van der Waals surface area contributed by atoms with E-state index in [2.05, 4.69) is 11.2 Å². The lowest BCUT2D eigenvalue weighted by atomic mass is 10.1. The number of nitrogens with one attached hydrogen (secondary N) is 1. The van der Waals surface area contributed by atoms with Crippen LogP contribution in [-0.4, -0.2) is 11.5 Å². The average Bonchev–Trinajstić information content (AvgIpc) is 2.16. The maximum atomic E-state index is 10.7. The second kappa shape index (κ2) is 4.47. The lowest BCUT2D eigenvalue weighted by Gasteiger charge is -2.08. The number of anilines is 1. The van der Waals surface area contributed by atoms with E-state index in [9.17, 15) is 10.1 Å². The number of aryl methyl sites for hydroxylation is 2. The standard InChI is InChI=1S/C11H12N2O2/c1-4-5-12-10-7-11(13(14)15)9(3)6-8(10)2/h1,6-7,12H,5H2,2-3H3. The molecule has 0 unspecified atom stereocenters. The van der Waals surface area contributed by atoms with Crippen LogP contribution in [0.1, 0.15) is 11.1 Å². The molecular formula is C11H12N2O2. The van der Waals surface area contributed by atoms with Crippen LogP contribution in [0.3, 0.4) is 0 Å². The molecule has 0 heterocycles. The number of benzene rings is 1. The van der Waals surface area contributed by atoms with Crippen molar-refractivity contribution in [3.63, 3.8) is 0 Å². The molecule has 0 saturated heterocycles. The lowest BCUT2D eigenvalue weighted by Crippen LogP contribution is -2.02. The molecule has 1 rings (SSSR count). The largest absolute Gasteiger partial charge is 0.374 e. The third-order valence-corrected chi connectivity index (χ3v) is 2.12. The molecule has 0 fully saturated rings. The van der Waals surface area contributed by atoms with Crippen molar-refractivity contribution in [2.45, 2.75) is 13.8 Å². The molecule has 0 amide bonds. The van der Waals surface area contributed by atoms with Crippen LogP contribution in [0.15, 0.2) is 12.1 Å². The molecule has 4 nitrogen and oxygen atoms in total. The molecule has 0 aliphatic heterocycles. The van der Waals surface area contributed by atoms with Gasteiger partial charge in [0, 0.05) is 17.3 Å². The van der Waals surface area contributed by atoms with Gasteiger partial charge in [-0.15, -0.1) is 6.42 Å². The summed E-state index contributed by atoms with van der Waals surface area (Å²) in [5.41, 5.74) is 2.43. The van der Waals surface area contributed by atoms with Gasteiger partial charge in [-0.2, -0.15) is 0 Å². The molecule has 1 aromatic rings. The molecule has 0 bridgehead atoms. The van der Waals surface area contributed by atoms with Crippen molar-refractivity contribution >= 4 is 11.4 Å². The van der Waals surface area contributed by atoms with Crippen LogP contribution in [0, 0.1) is 36.3 Å². The third kappa shape index (κ3) is 2.47. The molecule has 0 spiro atoms. The smallest absolute Gasteiger partial charge is 0.274 e. The van der Waals surface area contributed by atoms with Gasteiger partial charge in [0.25, 0.3) is 5.69 Å². The molecule has 4 heteroatoms. The summed E-state index contributed by atoms with van der Waals surface area (Å²) in [6.45, 7) is 3.97. The topological polar surface area (TPSA) is 55.2 Å². The van der Waals surface area contributed by atoms with Crippen molar-refractivity contribution in [1.82, 2.24) is 0 Å². The second-order valence-electron chi connectivity index (χ2n) is 3.27. The van der Waals surface area contributed by atoms with Gasteiger partial charge in [-0.05, 0) is 25.5 Å². The van der Waals surface area contributed by atoms with Crippen LogP contribution in [0.5, 0.6) is 0 Å². The van der Waals surface area contributed by atoms with E-state index in [4.69, 9.17) is 6.42 Å². The van der Waals surface area contributed by atoms with Crippen molar-refractivity contribution in [2.75, 3.05) is 11.9 Å². The monoisotopic (exact) mass is 204 g/mol. The quantitative estimate of drug-likeness (QED) is 0.466. The number of terminal acetylenes is 1. The summed E-state index contributed by atoms with van der Waals surface area (Å²) in [6, 6.07) is 3.29. The second-order valence-corrected chi connectivity index (χ2v) is 3.27. The minimum absolute atomic E-state index is 0.111. The molecule has 0 aliphatic rings. The van der Waals surface area contributed by atoms with E-state index >= 15 is 0 Å². The predicted molar refractivity (Wildman–Crippen MR) is 59.9 cm³/mol. The summed E-state index contributed by atoms with van der Waals surface area (Å²) in [4.78, 5) is 10.3. The number of nitro groups is 1. The van der Waals surface area contributed by atoms with Gasteiger partial charge in [-0.1, -0.05) is 5.92 Å². The van der Waals surface area contributed by atoms with Crippen molar-refractivity contribution in [1.29, 1.82) is 0 Å². The van der Waals surface area contributed by atoms with E-state index < -0.39 is 4.92 Å². The van der Waals surface area contributed by atoms with E-state index in [1.807, 2.05) is 6.92 Å². The van der Waals surface area contributed by atoms with E-state index in [0.29, 0.717) is 17.8 Å². The summed E-state index contributed by atoms with van der Waals surface area (Å²) < 4.78 is 0. The zero-order valence-corrected chi connectivity index (χ0v) is 8.70. The Hall–Kier alpha value is -2.02. The highest BCUT2D eigenvalue weighted by Gasteiger charge is 2.12. The fourth-order valence-electron chi connectivity index (χ4n) is 1.37. The van der Waals surface area contributed by atoms with E-state index in [-0.39, 0.29) is 5.69 Å². The Morgan fingerprint density at radius 2 is 2.13 bits per heavy atom. The van der Waals surface area contributed by atoms with Gasteiger partial charge < -0.3 is 5.32 Å². The molecule has 0 aromatic heterocycles. The van der Waals surface area contributed by atoms with Gasteiger partial charge in [0.2, 0.25) is 0 Å². The molecule has 0 saturated carbocycles. The van der Waals surface area contributed by atoms with Crippen LogP contribution in [0.2, 0.25) is 0 Å². The average molecular weight is 204 g/mol. The van der Waals surface area contributed by atoms with Gasteiger partial charge in [0.1, 0.15) is 0 Å². The van der Waals surface area contributed by atoms with Crippen molar-refractivity contribution < 1.29 is 4.92 Å². The van der Waals surface area contributed by atoms with E-state index in [1.165, 1.54) is 6.07 Å². The van der Waals surface area contributed by atoms with Crippen LogP contribution >= 0.6 is 0 Å². The molecule has 1 aromatic carbocycles. The van der Waals surface area contributed by atoms with Crippen molar-refractivity contribution in [3.05, 3.63) is 33.4 Å². The maximum absolute atomic E-state index is 10.7. The molecule has 0 atom stereocenters. The summed E-state index contributed by atoms with van der Waals surface area (Å²) in [5.74, 6) is 2.43. The lowest BCUT2D eigenvalue weighted by molar-refractivity contribution is -0.385. The molecule has 0 aliphatic carbocycles. The first-order valence-corrected chi connectivity index (χ1v) is 4.49. The van der Waals surface area contributed by atoms with E-state index in [1.54, 1.807) is 13.0 Å². The van der Waals surface area contributed by atoms with Gasteiger partial charge in [-0.25, -0.2) is 0 Å². The minimum Gasteiger partial charge on any atom is -0.374 e. The Balaban J connectivity index is 3.13. The first kappa shape index (κ1) is 11.1. The third-order valence-electron chi connectivity index (χ3n) is 2.12. The van der Waals surface area contributed by atoms with Gasteiger partial charge >= 0.3 is 0 Å². The van der Waals surface area contributed by atoms with Crippen molar-refractivity contribution in [3.8, 4) is 12.3 Å². The first-order chi connectivity index (χ1) is 7.06. The SMILES string of the molecule is C#CCNc1cc([N+](=O)[O-])c(C)cc1C. The summed E-state index contributed by atoms with van der Waals surface area (Å²) in [5, 5.41) is 13.6. The highest BCUT2D eigenvalue weighted by atomic mass is 16.6. The Morgan fingerprint density at radius 3 is 2.67 bits per heavy atom. The van der Waals surface area contributed by atoms with Crippen LogP contribution in [0.25, 0.3) is 0 Å². The maximum Gasteiger partial charge on any atom is 0.274 e. The highest BCUT2D eigenvalue weighted by molar-refractivity contribution is 5.60. The molecule has 1 N–H and O–H groups in total. The van der Waals surface area contributed by atoms with Crippen LogP contribution in [0.4, 0.5) is 11.4 Å². The molecular weight excluding hydrogens is 192 g/mol. The highest BCUT2D eigenvalue weighted by Crippen LogP contribution is 2.25. The minimum atomic E-state index is -0.393. The molecule has 78 valence electrons. The first-order valence-electron chi connectivity index (χ1n) is 4.49. The number of hydrogen-bond acceptors (Lipinski definition) is 3. The number of nitrogens with zero attached hydrogens (tertiary/aromatic N) is 1. The predicted octanol–water partition coefficient (Wildman–Crippen LogP) is 2.26. The van der Waals surface area contributed by atoms with Gasteiger partial charge in [-0.3, -0.25) is 10.1 Å². The fraction of sp³-hybridized carbons (Fsp3) is 0.273.